The lowest BCUT2D eigenvalue weighted by Crippen LogP contribution is -2.23. The SMILES string of the molecule is CCn1c2ccccc2c2cc(NC(/C=C/c3ccccc3[N+](=O)[O-])P(=O)(Oc3ccccc3)Oc3ccccc3)ccc21. The average molecular weight is 604 g/mol. The van der Waals surface area contributed by atoms with Crippen molar-refractivity contribution >= 4 is 46.9 Å². The van der Waals surface area contributed by atoms with Crippen LogP contribution < -0.4 is 14.4 Å². The van der Waals surface area contributed by atoms with E-state index in [-0.39, 0.29) is 5.69 Å². The fraction of sp³-hybridized carbons (Fsp3) is 0.0857. The van der Waals surface area contributed by atoms with Gasteiger partial charge in [0, 0.05) is 40.1 Å². The number of rotatable bonds is 11. The van der Waals surface area contributed by atoms with Crippen molar-refractivity contribution in [2.75, 3.05) is 5.32 Å². The molecule has 6 rings (SSSR count). The van der Waals surface area contributed by atoms with Crippen molar-refractivity contribution in [2.45, 2.75) is 19.3 Å². The molecule has 0 fully saturated rings. The highest BCUT2D eigenvalue weighted by Crippen LogP contribution is 2.54. The number of hydrogen-bond acceptors (Lipinski definition) is 6. The molecule has 0 bridgehead atoms. The topological polar surface area (TPSA) is 95.6 Å². The van der Waals surface area contributed by atoms with E-state index in [2.05, 4.69) is 28.9 Å². The number of aryl methyl sites for hydroxylation is 1. The van der Waals surface area contributed by atoms with Crippen LogP contribution in [0.2, 0.25) is 0 Å². The number of nitro groups is 1. The number of aromatic nitrogens is 1. The molecule has 5 aromatic carbocycles. The number of nitro benzene ring substituents is 1. The van der Waals surface area contributed by atoms with Gasteiger partial charge in [0.1, 0.15) is 11.5 Å². The molecule has 9 heteroatoms. The highest BCUT2D eigenvalue weighted by Gasteiger charge is 2.38. The van der Waals surface area contributed by atoms with E-state index in [1.807, 2.05) is 42.5 Å². The van der Waals surface area contributed by atoms with Gasteiger partial charge in [-0.15, -0.1) is 0 Å². The van der Waals surface area contributed by atoms with E-state index in [0.717, 1.165) is 28.4 Å². The predicted molar refractivity (Wildman–Crippen MR) is 176 cm³/mol. The molecule has 1 heterocycles. The van der Waals surface area contributed by atoms with Gasteiger partial charge in [0.25, 0.3) is 5.69 Å². The lowest BCUT2D eigenvalue weighted by atomic mass is 10.1. The van der Waals surface area contributed by atoms with E-state index in [0.29, 0.717) is 22.7 Å². The standard InChI is InChI=1S/C35H30N3O5P/c1-2-37-33-20-12-10-18-30(33)31-25-27(22-23-34(31)37)36-35(24-21-26-13-9-11-19-32(26)38(39)40)44(41,42-28-14-5-3-6-15-28)43-29-16-7-4-8-17-29/h3-25,35-36H,2H2,1H3/b24-21+. The summed E-state index contributed by atoms with van der Waals surface area (Å²) in [6.45, 7) is 2.92. The molecule has 1 N–H and O–H groups in total. The fourth-order valence-corrected chi connectivity index (χ4v) is 6.97. The first kappa shape index (κ1) is 28.8. The quantitative estimate of drug-likeness (QED) is 0.0900. The molecular weight excluding hydrogens is 573 g/mol. The Kier molecular flexibility index (Phi) is 8.17. The van der Waals surface area contributed by atoms with Crippen LogP contribution >= 0.6 is 7.60 Å². The summed E-state index contributed by atoms with van der Waals surface area (Å²) >= 11 is 0. The Balaban J connectivity index is 1.47. The summed E-state index contributed by atoms with van der Waals surface area (Å²) in [6, 6.07) is 38.2. The molecule has 8 nitrogen and oxygen atoms in total. The first-order chi connectivity index (χ1) is 21.4. The Morgan fingerprint density at radius 3 is 2.05 bits per heavy atom. The van der Waals surface area contributed by atoms with E-state index < -0.39 is 18.3 Å². The largest absolute Gasteiger partial charge is 0.456 e. The van der Waals surface area contributed by atoms with Gasteiger partial charge in [-0.05, 0) is 73.7 Å². The minimum atomic E-state index is -4.10. The van der Waals surface area contributed by atoms with Gasteiger partial charge < -0.3 is 18.9 Å². The van der Waals surface area contributed by atoms with Gasteiger partial charge in [-0.1, -0.05) is 66.7 Å². The third-order valence-electron chi connectivity index (χ3n) is 7.29. The lowest BCUT2D eigenvalue weighted by molar-refractivity contribution is -0.385. The van der Waals surface area contributed by atoms with Gasteiger partial charge in [0.2, 0.25) is 0 Å². The zero-order valence-corrected chi connectivity index (χ0v) is 24.8. The first-order valence-electron chi connectivity index (χ1n) is 14.2. The van der Waals surface area contributed by atoms with Crippen molar-refractivity contribution in [3.63, 3.8) is 0 Å². The van der Waals surface area contributed by atoms with E-state index in [9.17, 15) is 14.7 Å². The smallest absolute Gasteiger partial charge is 0.415 e. The van der Waals surface area contributed by atoms with Crippen LogP contribution in [0, 0.1) is 10.1 Å². The van der Waals surface area contributed by atoms with Crippen LogP contribution in [0.3, 0.4) is 0 Å². The number of anilines is 1. The van der Waals surface area contributed by atoms with Crippen LogP contribution in [-0.4, -0.2) is 15.3 Å². The molecule has 44 heavy (non-hydrogen) atoms. The number of benzene rings is 5. The molecule has 1 unspecified atom stereocenters. The van der Waals surface area contributed by atoms with Crippen molar-refractivity contribution < 1.29 is 18.5 Å². The van der Waals surface area contributed by atoms with Gasteiger partial charge in [0.05, 0.1) is 10.5 Å². The van der Waals surface area contributed by atoms with Crippen molar-refractivity contribution in [1.82, 2.24) is 4.57 Å². The zero-order valence-electron chi connectivity index (χ0n) is 23.9. The summed E-state index contributed by atoms with van der Waals surface area (Å²) in [6.07, 6.45) is 3.18. The molecule has 0 aliphatic rings. The zero-order chi connectivity index (χ0) is 30.5. The maximum atomic E-state index is 14.9. The minimum absolute atomic E-state index is 0.0703. The normalized spacial score (nSPS) is 12.4. The molecule has 0 radical (unpaired) electrons. The number of fused-ring (bicyclic) bond motifs is 3. The fourth-order valence-electron chi connectivity index (χ4n) is 5.27. The van der Waals surface area contributed by atoms with E-state index in [1.54, 1.807) is 78.9 Å². The van der Waals surface area contributed by atoms with E-state index >= 15 is 0 Å². The third-order valence-corrected chi connectivity index (χ3v) is 9.20. The second-order valence-electron chi connectivity index (χ2n) is 10.1. The summed E-state index contributed by atoms with van der Waals surface area (Å²) in [5.74, 6) is -0.321. The van der Waals surface area contributed by atoms with Gasteiger partial charge in [-0.25, -0.2) is 4.57 Å². The van der Waals surface area contributed by atoms with E-state index in [4.69, 9.17) is 9.05 Å². The number of para-hydroxylation sites is 4. The molecule has 0 spiro atoms. The molecule has 220 valence electrons. The van der Waals surface area contributed by atoms with Crippen LogP contribution in [0.15, 0.2) is 133 Å². The van der Waals surface area contributed by atoms with Crippen LogP contribution in [0.25, 0.3) is 27.9 Å². The molecule has 0 aliphatic heterocycles. The Morgan fingerprint density at radius 1 is 0.795 bits per heavy atom. The van der Waals surface area contributed by atoms with Crippen molar-refractivity contribution in [1.29, 1.82) is 0 Å². The highest BCUT2D eigenvalue weighted by atomic mass is 31.2. The summed E-state index contributed by atoms with van der Waals surface area (Å²) in [7, 11) is -4.10. The minimum Gasteiger partial charge on any atom is -0.415 e. The van der Waals surface area contributed by atoms with Crippen LogP contribution in [0.5, 0.6) is 11.5 Å². The van der Waals surface area contributed by atoms with Crippen LogP contribution in [0.4, 0.5) is 11.4 Å². The monoisotopic (exact) mass is 603 g/mol. The molecule has 6 aromatic rings. The van der Waals surface area contributed by atoms with Crippen molar-refractivity contribution in [3.05, 3.63) is 149 Å². The highest BCUT2D eigenvalue weighted by molar-refractivity contribution is 7.55. The first-order valence-corrected chi connectivity index (χ1v) is 15.8. The molecule has 0 aliphatic carbocycles. The average Bonchev–Trinajstić information content (AvgIpc) is 3.37. The third kappa shape index (κ3) is 5.93. The number of hydrogen-bond donors (Lipinski definition) is 1. The Morgan fingerprint density at radius 2 is 1.39 bits per heavy atom. The molecule has 0 saturated heterocycles. The molecule has 1 aromatic heterocycles. The van der Waals surface area contributed by atoms with Crippen molar-refractivity contribution in [3.8, 4) is 11.5 Å². The summed E-state index contributed by atoms with van der Waals surface area (Å²) in [5, 5.41) is 17.3. The second kappa shape index (κ2) is 12.5. The molecule has 0 amide bonds. The maximum Gasteiger partial charge on any atom is 0.456 e. The summed E-state index contributed by atoms with van der Waals surface area (Å²) < 4.78 is 29.5. The number of nitrogens with one attached hydrogen (secondary N) is 1. The predicted octanol–water partition coefficient (Wildman–Crippen LogP) is 9.53. The van der Waals surface area contributed by atoms with Gasteiger partial charge in [0.15, 0.2) is 5.78 Å². The molecule has 0 saturated carbocycles. The second-order valence-corrected chi connectivity index (χ2v) is 12.1. The Bertz CT molecular complexity index is 1960. The van der Waals surface area contributed by atoms with Gasteiger partial charge >= 0.3 is 7.60 Å². The summed E-state index contributed by atoms with van der Waals surface area (Å²) in [5.41, 5.74) is 3.18. The molecule has 1 atom stereocenters. The number of nitrogens with zero attached hydrogens (tertiary/aromatic N) is 2. The Hall–Kier alpha value is -5.33. The summed E-state index contributed by atoms with van der Waals surface area (Å²) in [4.78, 5) is 11.3. The van der Waals surface area contributed by atoms with Crippen molar-refractivity contribution in [2.24, 2.45) is 0 Å². The lowest BCUT2D eigenvalue weighted by Gasteiger charge is -2.27. The molecular formula is C35H30N3O5P. The van der Waals surface area contributed by atoms with E-state index in [1.165, 1.54) is 6.07 Å². The van der Waals surface area contributed by atoms with Crippen LogP contribution in [0.1, 0.15) is 12.5 Å². The van der Waals surface area contributed by atoms with Gasteiger partial charge in [-0.2, -0.15) is 0 Å². The maximum absolute atomic E-state index is 14.9. The Labute approximate surface area is 254 Å². The van der Waals surface area contributed by atoms with Gasteiger partial charge in [-0.3, -0.25) is 10.1 Å². The van der Waals surface area contributed by atoms with Crippen LogP contribution in [-0.2, 0) is 11.1 Å².